The second-order valence-corrected chi connectivity index (χ2v) is 6.04. The van der Waals surface area contributed by atoms with E-state index in [1.54, 1.807) is 14.2 Å². The van der Waals surface area contributed by atoms with Gasteiger partial charge in [-0.3, -0.25) is 0 Å². The molecule has 0 unspecified atom stereocenters. The number of anilines is 1. The molecule has 0 aromatic heterocycles. The number of nitrogens with one attached hydrogen (secondary N) is 1. The summed E-state index contributed by atoms with van der Waals surface area (Å²) in [5, 5.41) is 3.97. The van der Waals surface area contributed by atoms with Crippen molar-refractivity contribution in [2.75, 3.05) is 33.1 Å². The van der Waals surface area contributed by atoms with Gasteiger partial charge in [0.1, 0.15) is 0 Å². The van der Waals surface area contributed by atoms with Crippen LogP contribution in [0, 0.1) is 6.92 Å². The lowest BCUT2D eigenvalue weighted by Crippen LogP contribution is -2.32. The molecule has 0 saturated heterocycles. The van der Waals surface area contributed by atoms with Crippen molar-refractivity contribution in [3.63, 3.8) is 0 Å². The van der Waals surface area contributed by atoms with Gasteiger partial charge in [0.05, 0.1) is 14.2 Å². The predicted octanol–water partition coefficient (Wildman–Crippen LogP) is 3.88. The first-order valence-corrected chi connectivity index (χ1v) is 8.24. The van der Waals surface area contributed by atoms with Crippen molar-refractivity contribution in [1.82, 2.24) is 4.90 Å². The quantitative estimate of drug-likeness (QED) is 0.804. The molecule has 0 aliphatic carbocycles. The van der Waals surface area contributed by atoms with Gasteiger partial charge in [0.2, 0.25) is 0 Å². The molecule has 1 N–H and O–H groups in total. The van der Waals surface area contributed by atoms with Crippen LogP contribution in [0.2, 0.25) is 0 Å². The number of aryl methyl sites for hydroxylation is 1. The maximum atomic E-state index is 5.47. The summed E-state index contributed by atoms with van der Waals surface area (Å²) >= 11 is 5.47. The van der Waals surface area contributed by atoms with Crippen LogP contribution < -0.4 is 14.8 Å². The Hall–Kier alpha value is -2.27. The molecule has 0 saturated carbocycles. The summed E-state index contributed by atoms with van der Waals surface area (Å²) in [5.74, 6) is 1.49. The van der Waals surface area contributed by atoms with E-state index in [1.807, 2.05) is 42.3 Å². The Morgan fingerprint density at radius 2 is 1.71 bits per heavy atom. The summed E-state index contributed by atoms with van der Waals surface area (Å²) in [6, 6.07) is 14.2. The highest BCUT2D eigenvalue weighted by molar-refractivity contribution is 7.80. The van der Waals surface area contributed by atoms with Crippen molar-refractivity contribution in [1.29, 1.82) is 0 Å². The number of nitrogens with zero attached hydrogens (tertiary/aromatic N) is 1. The third-order valence-corrected chi connectivity index (χ3v) is 4.25. The standard InChI is InChI=1S/C19H24N2O2S/c1-14-5-8-16(9-6-14)20-19(24)21(2)12-11-15-7-10-17(22-3)18(13-15)23-4/h5-10,13H,11-12H2,1-4H3,(H,20,24). The maximum Gasteiger partial charge on any atom is 0.173 e. The molecule has 0 fully saturated rings. The monoisotopic (exact) mass is 344 g/mol. The van der Waals surface area contributed by atoms with Crippen LogP contribution in [0.1, 0.15) is 11.1 Å². The van der Waals surface area contributed by atoms with Gasteiger partial charge in [-0.25, -0.2) is 0 Å². The van der Waals surface area contributed by atoms with E-state index < -0.39 is 0 Å². The number of likely N-dealkylation sites (N-methyl/N-ethyl adjacent to an activating group) is 1. The molecule has 5 heteroatoms. The summed E-state index contributed by atoms with van der Waals surface area (Å²) in [4.78, 5) is 2.03. The second kappa shape index (κ2) is 8.55. The Kier molecular flexibility index (Phi) is 6.44. The average Bonchev–Trinajstić information content (AvgIpc) is 2.61. The predicted molar refractivity (Wildman–Crippen MR) is 103 cm³/mol. The molecule has 0 aliphatic rings. The summed E-state index contributed by atoms with van der Waals surface area (Å²) in [5.41, 5.74) is 3.41. The molecule has 128 valence electrons. The van der Waals surface area contributed by atoms with E-state index in [2.05, 4.69) is 24.4 Å². The molecule has 2 aromatic carbocycles. The van der Waals surface area contributed by atoms with Crippen LogP contribution in [-0.4, -0.2) is 37.8 Å². The van der Waals surface area contributed by atoms with Crippen molar-refractivity contribution in [3.8, 4) is 11.5 Å². The lowest BCUT2D eigenvalue weighted by molar-refractivity contribution is 0.354. The van der Waals surface area contributed by atoms with Gasteiger partial charge in [-0.15, -0.1) is 0 Å². The van der Waals surface area contributed by atoms with Crippen LogP contribution in [0.3, 0.4) is 0 Å². The first-order valence-electron chi connectivity index (χ1n) is 7.83. The van der Waals surface area contributed by atoms with Gasteiger partial charge in [0.15, 0.2) is 16.6 Å². The van der Waals surface area contributed by atoms with Crippen molar-refractivity contribution < 1.29 is 9.47 Å². The Labute approximate surface area is 149 Å². The molecular formula is C19H24N2O2S. The molecular weight excluding hydrogens is 320 g/mol. The number of methoxy groups -OCH3 is 2. The van der Waals surface area contributed by atoms with Crippen LogP contribution in [-0.2, 0) is 6.42 Å². The molecule has 0 aliphatic heterocycles. The summed E-state index contributed by atoms with van der Waals surface area (Å²) in [6.45, 7) is 2.88. The molecule has 0 bridgehead atoms. The molecule has 2 rings (SSSR count). The summed E-state index contributed by atoms with van der Waals surface area (Å²) in [7, 11) is 5.28. The average molecular weight is 344 g/mol. The fraction of sp³-hybridized carbons (Fsp3) is 0.316. The van der Waals surface area contributed by atoms with Crippen LogP contribution in [0.5, 0.6) is 11.5 Å². The molecule has 4 nitrogen and oxygen atoms in total. The van der Waals surface area contributed by atoms with E-state index in [1.165, 1.54) is 11.1 Å². The third-order valence-electron chi connectivity index (χ3n) is 3.83. The zero-order valence-electron chi connectivity index (χ0n) is 14.6. The van der Waals surface area contributed by atoms with Crippen LogP contribution in [0.15, 0.2) is 42.5 Å². The minimum absolute atomic E-state index is 0.708. The van der Waals surface area contributed by atoms with Crippen molar-refractivity contribution >= 4 is 23.0 Å². The SMILES string of the molecule is COc1ccc(CCN(C)C(=S)Nc2ccc(C)cc2)cc1OC. The van der Waals surface area contributed by atoms with Gasteiger partial charge in [-0.05, 0) is 55.4 Å². The van der Waals surface area contributed by atoms with E-state index in [0.717, 1.165) is 30.2 Å². The smallest absolute Gasteiger partial charge is 0.173 e. The molecule has 24 heavy (non-hydrogen) atoms. The first kappa shape index (κ1) is 18.1. The van der Waals surface area contributed by atoms with E-state index in [4.69, 9.17) is 21.7 Å². The first-order chi connectivity index (χ1) is 11.5. The van der Waals surface area contributed by atoms with Crippen molar-refractivity contribution in [2.24, 2.45) is 0 Å². The Morgan fingerprint density at radius 1 is 1.04 bits per heavy atom. The van der Waals surface area contributed by atoms with Crippen LogP contribution in [0.25, 0.3) is 0 Å². The number of thiocarbonyl (C=S) groups is 1. The molecule has 2 aromatic rings. The van der Waals surface area contributed by atoms with Gasteiger partial charge in [-0.1, -0.05) is 23.8 Å². The third kappa shape index (κ3) is 4.86. The van der Waals surface area contributed by atoms with E-state index in [9.17, 15) is 0 Å². The number of benzene rings is 2. The van der Waals surface area contributed by atoms with Gasteiger partial charge in [0, 0.05) is 19.3 Å². The summed E-state index contributed by atoms with van der Waals surface area (Å²) in [6.07, 6.45) is 0.868. The van der Waals surface area contributed by atoms with Gasteiger partial charge < -0.3 is 19.7 Å². The largest absolute Gasteiger partial charge is 0.493 e. The molecule has 0 amide bonds. The number of hydrogen-bond donors (Lipinski definition) is 1. The number of hydrogen-bond acceptors (Lipinski definition) is 3. The molecule has 0 radical (unpaired) electrons. The van der Waals surface area contributed by atoms with E-state index in [0.29, 0.717) is 5.11 Å². The Balaban J connectivity index is 1.91. The zero-order chi connectivity index (χ0) is 17.5. The highest BCUT2D eigenvalue weighted by Gasteiger charge is 2.08. The lowest BCUT2D eigenvalue weighted by Gasteiger charge is -2.21. The van der Waals surface area contributed by atoms with Crippen LogP contribution in [0.4, 0.5) is 5.69 Å². The topological polar surface area (TPSA) is 33.7 Å². The van der Waals surface area contributed by atoms with Crippen molar-refractivity contribution in [3.05, 3.63) is 53.6 Å². The van der Waals surface area contributed by atoms with E-state index in [-0.39, 0.29) is 0 Å². The normalized spacial score (nSPS) is 10.2. The minimum atomic E-state index is 0.708. The summed E-state index contributed by atoms with van der Waals surface area (Å²) < 4.78 is 10.6. The minimum Gasteiger partial charge on any atom is -0.493 e. The fourth-order valence-corrected chi connectivity index (χ4v) is 2.50. The Bertz CT molecular complexity index is 686. The number of rotatable bonds is 6. The second-order valence-electron chi connectivity index (χ2n) is 5.66. The van der Waals surface area contributed by atoms with Gasteiger partial charge >= 0.3 is 0 Å². The van der Waals surface area contributed by atoms with Crippen molar-refractivity contribution in [2.45, 2.75) is 13.3 Å². The highest BCUT2D eigenvalue weighted by atomic mass is 32.1. The fourth-order valence-electron chi connectivity index (χ4n) is 2.29. The van der Waals surface area contributed by atoms with Gasteiger partial charge in [-0.2, -0.15) is 0 Å². The maximum absolute atomic E-state index is 5.47. The Morgan fingerprint density at radius 3 is 2.33 bits per heavy atom. The van der Waals surface area contributed by atoms with Gasteiger partial charge in [0.25, 0.3) is 0 Å². The molecule has 0 heterocycles. The molecule has 0 spiro atoms. The molecule has 0 atom stereocenters. The van der Waals surface area contributed by atoms with E-state index >= 15 is 0 Å². The zero-order valence-corrected chi connectivity index (χ0v) is 15.4. The number of ether oxygens (including phenoxy) is 2. The van der Waals surface area contributed by atoms with Crippen LogP contribution >= 0.6 is 12.2 Å². The lowest BCUT2D eigenvalue weighted by atomic mass is 10.1. The highest BCUT2D eigenvalue weighted by Crippen LogP contribution is 2.27.